The molecule has 5 nitrogen and oxygen atoms in total. The van der Waals surface area contributed by atoms with Gasteiger partial charge in [-0.1, -0.05) is 6.07 Å². The number of nitrogens with one attached hydrogen (secondary N) is 1. The van der Waals surface area contributed by atoms with E-state index in [1.807, 2.05) is 43.4 Å². The van der Waals surface area contributed by atoms with Crippen molar-refractivity contribution >= 4 is 5.96 Å². The number of ether oxygens (including phenoxy) is 1. The molecule has 0 fully saturated rings. The van der Waals surface area contributed by atoms with Gasteiger partial charge < -0.3 is 15.0 Å². The molecular weight excluding hydrogens is 331 g/mol. The Bertz CT molecular complexity index is 748. The van der Waals surface area contributed by atoms with E-state index in [9.17, 15) is 4.39 Å². The van der Waals surface area contributed by atoms with Gasteiger partial charge in [0.15, 0.2) is 17.5 Å². The summed E-state index contributed by atoms with van der Waals surface area (Å²) in [5.74, 6) is 0.702. The van der Waals surface area contributed by atoms with Crippen LogP contribution in [-0.4, -0.2) is 43.1 Å². The molecule has 0 saturated carbocycles. The summed E-state index contributed by atoms with van der Waals surface area (Å²) in [6.45, 7) is 6.09. The second-order valence-electron chi connectivity index (χ2n) is 6.11. The number of pyridine rings is 1. The average molecular weight is 358 g/mol. The predicted octanol–water partition coefficient (Wildman–Crippen LogP) is 3.18. The topological polar surface area (TPSA) is 49.8 Å². The molecule has 2 rings (SSSR count). The zero-order valence-electron chi connectivity index (χ0n) is 15.9. The Morgan fingerprint density at radius 1 is 1.35 bits per heavy atom. The van der Waals surface area contributed by atoms with Crippen molar-refractivity contribution < 1.29 is 9.13 Å². The second-order valence-corrected chi connectivity index (χ2v) is 6.11. The SMILES string of the molecule is CCNC(=NCCc1ccncc1C)N(C)Cc1ccc(OC)c(F)c1. The van der Waals surface area contributed by atoms with Gasteiger partial charge in [0.05, 0.1) is 7.11 Å². The molecule has 26 heavy (non-hydrogen) atoms. The molecule has 0 atom stereocenters. The molecular formula is C20H27FN4O. The van der Waals surface area contributed by atoms with E-state index < -0.39 is 0 Å². The number of nitrogens with zero attached hydrogens (tertiary/aromatic N) is 3. The third-order valence-corrected chi connectivity index (χ3v) is 4.11. The van der Waals surface area contributed by atoms with Crippen molar-refractivity contribution in [3.8, 4) is 5.75 Å². The van der Waals surface area contributed by atoms with Crippen LogP contribution in [0.5, 0.6) is 5.75 Å². The van der Waals surface area contributed by atoms with E-state index in [-0.39, 0.29) is 11.6 Å². The second kappa shape index (κ2) is 9.75. The summed E-state index contributed by atoms with van der Waals surface area (Å²) in [5.41, 5.74) is 3.29. The lowest BCUT2D eigenvalue weighted by atomic mass is 10.1. The van der Waals surface area contributed by atoms with Gasteiger partial charge in [-0.3, -0.25) is 9.98 Å². The van der Waals surface area contributed by atoms with Crippen LogP contribution in [0, 0.1) is 12.7 Å². The number of aromatic nitrogens is 1. The molecule has 0 bridgehead atoms. The quantitative estimate of drug-likeness (QED) is 0.610. The lowest BCUT2D eigenvalue weighted by molar-refractivity contribution is 0.385. The smallest absolute Gasteiger partial charge is 0.193 e. The van der Waals surface area contributed by atoms with Crippen molar-refractivity contribution in [1.29, 1.82) is 0 Å². The van der Waals surface area contributed by atoms with Gasteiger partial charge in [0.2, 0.25) is 0 Å². The normalized spacial score (nSPS) is 11.3. The fourth-order valence-electron chi connectivity index (χ4n) is 2.69. The Hall–Kier alpha value is -2.63. The highest BCUT2D eigenvalue weighted by atomic mass is 19.1. The zero-order valence-corrected chi connectivity index (χ0v) is 15.9. The molecule has 0 saturated heterocycles. The Labute approximate surface area is 154 Å². The van der Waals surface area contributed by atoms with Crippen molar-refractivity contribution in [2.24, 2.45) is 4.99 Å². The van der Waals surface area contributed by atoms with E-state index in [2.05, 4.69) is 17.2 Å². The monoisotopic (exact) mass is 358 g/mol. The summed E-state index contributed by atoms with van der Waals surface area (Å²) in [6, 6.07) is 7.04. The van der Waals surface area contributed by atoms with Crippen LogP contribution < -0.4 is 10.1 Å². The van der Waals surface area contributed by atoms with Crippen molar-refractivity contribution in [2.75, 3.05) is 27.2 Å². The minimum atomic E-state index is -0.353. The first-order chi connectivity index (χ1) is 12.5. The molecule has 6 heteroatoms. The average Bonchev–Trinajstić information content (AvgIpc) is 2.62. The molecule has 0 spiro atoms. The highest BCUT2D eigenvalue weighted by molar-refractivity contribution is 5.79. The largest absolute Gasteiger partial charge is 0.494 e. The lowest BCUT2D eigenvalue weighted by Gasteiger charge is -2.22. The van der Waals surface area contributed by atoms with E-state index in [1.165, 1.54) is 24.3 Å². The number of benzene rings is 1. The van der Waals surface area contributed by atoms with Gasteiger partial charge in [0, 0.05) is 39.1 Å². The van der Waals surface area contributed by atoms with E-state index in [1.54, 1.807) is 6.07 Å². The molecule has 0 radical (unpaired) electrons. The minimum Gasteiger partial charge on any atom is -0.494 e. The highest BCUT2D eigenvalue weighted by Crippen LogP contribution is 2.18. The molecule has 1 heterocycles. The third kappa shape index (κ3) is 5.44. The predicted molar refractivity (Wildman–Crippen MR) is 103 cm³/mol. The fraction of sp³-hybridized carbons (Fsp3) is 0.400. The molecule has 1 aromatic carbocycles. The molecule has 1 aromatic heterocycles. The van der Waals surface area contributed by atoms with Gasteiger partial charge in [0.1, 0.15) is 0 Å². The van der Waals surface area contributed by atoms with Crippen LogP contribution in [0.3, 0.4) is 0 Å². The maximum atomic E-state index is 13.9. The first-order valence-corrected chi connectivity index (χ1v) is 8.76. The van der Waals surface area contributed by atoms with E-state index in [0.717, 1.165) is 24.5 Å². The van der Waals surface area contributed by atoms with E-state index in [0.29, 0.717) is 13.1 Å². The van der Waals surface area contributed by atoms with Crippen LogP contribution in [-0.2, 0) is 13.0 Å². The van der Waals surface area contributed by atoms with Crippen LogP contribution in [0.2, 0.25) is 0 Å². The van der Waals surface area contributed by atoms with Crippen LogP contribution in [0.1, 0.15) is 23.6 Å². The van der Waals surface area contributed by atoms with Crippen LogP contribution in [0.25, 0.3) is 0 Å². The molecule has 0 aliphatic rings. The summed E-state index contributed by atoms with van der Waals surface area (Å²) in [4.78, 5) is 10.8. The number of methoxy groups -OCH3 is 1. The maximum Gasteiger partial charge on any atom is 0.193 e. The summed E-state index contributed by atoms with van der Waals surface area (Å²) in [6.07, 6.45) is 4.53. The first-order valence-electron chi connectivity index (χ1n) is 8.76. The number of hydrogen-bond acceptors (Lipinski definition) is 3. The van der Waals surface area contributed by atoms with Crippen LogP contribution >= 0.6 is 0 Å². The molecule has 0 aliphatic heterocycles. The van der Waals surface area contributed by atoms with Crippen molar-refractivity contribution in [1.82, 2.24) is 15.2 Å². The number of aliphatic imine (C=N–C) groups is 1. The lowest BCUT2D eigenvalue weighted by Crippen LogP contribution is -2.38. The van der Waals surface area contributed by atoms with Gasteiger partial charge in [-0.25, -0.2) is 4.39 Å². The van der Waals surface area contributed by atoms with Crippen LogP contribution in [0.15, 0.2) is 41.7 Å². The maximum absolute atomic E-state index is 13.9. The number of aryl methyl sites for hydroxylation is 1. The van der Waals surface area contributed by atoms with Crippen molar-refractivity contribution in [2.45, 2.75) is 26.8 Å². The standard InChI is InChI=1S/C20H27FN4O/c1-5-23-20(24-11-9-17-8-10-22-13-15(17)2)25(3)14-16-6-7-19(26-4)18(21)12-16/h6-8,10,12-13H,5,9,11,14H2,1-4H3,(H,23,24). The first kappa shape index (κ1) is 19.7. The molecule has 1 N–H and O–H groups in total. The summed E-state index contributed by atoms with van der Waals surface area (Å²) in [7, 11) is 3.41. The van der Waals surface area contributed by atoms with Gasteiger partial charge in [-0.15, -0.1) is 0 Å². The van der Waals surface area contributed by atoms with E-state index in [4.69, 9.17) is 9.73 Å². The Kier molecular flexibility index (Phi) is 7.38. The molecule has 140 valence electrons. The van der Waals surface area contributed by atoms with Crippen molar-refractivity contribution in [3.05, 3.63) is 59.2 Å². The van der Waals surface area contributed by atoms with Gasteiger partial charge in [0.25, 0.3) is 0 Å². The Morgan fingerprint density at radius 2 is 2.15 bits per heavy atom. The van der Waals surface area contributed by atoms with E-state index >= 15 is 0 Å². The third-order valence-electron chi connectivity index (χ3n) is 4.11. The minimum absolute atomic E-state index is 0.254. The Morgan fingerprint density at radius 3 is 2.81 bits per heavy atom. The fourth-order valence-corrected chi connectivity index (χ4v) is 2.69. The molecule has 2 aromatic rings. The highest BCUT2D eigenvalue weighted by Gasteiger charge is 2.09. The Balaban J connectivity index is 2.02. The number of guanidine groups is 1. The molecule has 0 aliphatic carbocycles. The van der Waals surface area contributed by atoms with Crippen LogP contribution in [0.4, 0.5) is 4.39 Å². The van der Waals surface area contributed by atoms with Gasteiger partial charge in [-0.2, -0.15) is 0 Å². The summed E-state index contributed by atoms with van der Waals surface area (Å²) < 4.78 is 18.9. The van der Waals surface area contributed by atoms with Crippen molar-refractivity contribution in [3.63, 3.8) is 0 Å². The number of halogens is 1. The molecule has 0 unspecified atom stereocenters. The number of rotatable bonds is 7. The zero-order chi connectivity index (χ0) is 18.9. The van der Waals surface area contributed by atoms with Gasteiger partial charge >= 0.3 is 0 Å². The summed E-state index contributed by atoms with van der Waals surface area (Å²) in [5, 5.41) is 3.29. The van der Waals surface area contributed by atoms with Gasteiger partial charge in [-0.05, 0) is 55.2 Å². The number of hydrogen-bond donors (Lipinski definition) is 1. The molecule has 0 amide bonds. The summed E-state index contributed by atoms with van der Waals surface area (Å²) >= 11 is 0.